The number of hydrogen-bond donors (Lipinski definition) is 1. The lowest BCUT2D eigenvalue weighted by Gasteiger charge is -2.32. The topological polar surface area (TPSA) is 23.5 Å². The van der Waals surface area contributed by atoms with E-state index in [0.29, 0.717) is 6.54 Å². The highest BCUT2D eigenvalue weighted by atomic mass is 16.3. The molecule has 1 unspecified atom stereocenters. The van der Waals surface area contributed by atoms with Gasteiger partial charge in [-0.15, -0.1) is 0 Å². The van der Waals surface area contributed by atoms with Gasteiger partial charge in [-0.1, -0.05) is 54.6 Å². The van der Waals surface area contributed by atoms with Gasteiger partial charge >= 0.3 is 0 Å². The molecule has 0 aliphatic carbocycles. The normalized spacial score (nSPS) is 19.5. The molecule has 1 N–H and O–H groups in total. The van der Waals surface area contributed by atoms with Crippen LogP contribution in [0, 0.1) is 0 Å². The van der Waals surface area contributed by atoms with Gasteiger partial charge in [0.1, 0.15) is 0 Å². The monoisotopic (exact) mass is 239 g/mol. The largest absolute Gasteiger partial charge is 0.387 e. The number of rotatable bonds is 2. The van der Waals surface area contributed by atoms with E-state index in [9.17, 15) is 5.11 Å². The lowest BCUT2D eigenvalue weighted by Crippen LogP contribution is -2.33. The quantitative estimate of drug-likeness (QED) is 0.871. The fraction of sp³-hybridized carbons (Fsp3) is 0.250. The summed E-state index contributed by atoms with van der Waals surface area (Å²) in [4.78, 5) is 2.29. The van der Waals surface area contributed by atoms with Crippen molar-refractivity contribution in [2.24, 2.45) is 0 Å². The number of benzene rings is 2. The van der Waals surface area contributed by atoms with E-state index in [1.165, 1.54) is 11.1 Å². The first kappa shape index (κ1) is 11.5. The first-order chi connectivity index (χ1) is 8.83. The molecule has 92 valence electrons. The average Bonchev–Trinajstić information content (AvgIpc) is 2.40. The standard InChI is InChI=1S/C16H17NO/c18-16-12-17(10-13-6-2-1-3-7-13)11-14-8-4-5-9-15(14)16/h1-9,16,18H,10-12H2. The summed E-state index contributed by atoms with van der Waals surface area (Å²) >= 11 is 0. The minimum absolute atomic E-state index is 0.362. The third-order valence-electron chi connectivity index (χ3n) is 3.49. The van der Waals surface area contributed by atoms with E-state index >= 15 is 0 Å². The Bertz CT molecular complexity index is 524. The van der Waals surface area contributed by atoms with Crippen LogP contribution in [0.3, 0.4) is 0 Å². The molecule has 1 atom stereocenters. The molecule has 0 bridgehead atoms. The number of β-amino-alcohol motifs (C(OH)–C–C–N with tert-alkyl or cyclic N) is 1. The molecule has 0 aromatic heterocycles. The molecule has 0 spiro atoms. The summed E-state index contributed by atoms with van der Waals surface area (Å²) in [5.41, 5.74) is 3.62. The Hall–Kier alpha value is -1.64. The van der Waals surface area contributed by atoms with Gasteiger partial charge in [-0.3, -0.25) is 4.90 Å². The Morgan fingerprint density at radius 3 is 2.56 bits per heavy atom. The summed E-state index contributed by atoms with van der Waals surface area (Å²) in [5.74, 6) is 0. The molecule has 2 heteroatoms. The SMILES string of the molecule is OC1CN(Cc2ccccc2)Cc2ccccc21. The van der Waals surface area contributed by atoms with Gasteiger partial charge in [0, 0.05) is 19.6 Å². The van der Waals surface area contributed by atoms with Crippen molar-refractivity contribution in [3.63, 3.8) is 0 Å². The first-order valence-corrected chi connectivity index (χ1v) is 6.35. The summed E-state index contributed by atoms with van der Waals surface area (Å²) in [6.07, 6.45) is -0.362. The summed E-state index contributed by atoms with van der Waals surface area (Å²) in [6.45, 7) is 2.53. The molecule has 1 aliphatic rings. The van der Waals surface area contributed by atoms with E-state index in [1.54, 1.807) is 0 Å². The summed E-state index contributed by atoms with van der Waals surface area (Å²) in [5, 5.41) is 10.2. The van der Waals surface area contributed by atoms with Crippen molar-refractivity contribution in [1.82, 2.24) is 4.90 Å². The molecule has 2 aromatic carbocycles. The van der Waals surface area contributed by atoms with Crippen molar-refractivity contribution in [1.29, 1.82) is 0 Å². The van der Waals surface area contributed by atoms with E-state index in [1.807, 2.05) is 24.3 Å². The molecule has 0 saturated carbocycles. The molecule has 3 rings (SSSR count). The van der Waals surface area contributed by atoms with E-state index in [2.05, 4.69) is 35.2 Å². The number of hydrogen-bond acceptors (Lipinski definition) is 2. The Morgan fingerprint density at radius 2 is 1.72 bits per heavy atom. The lowest BCUT2D eigenvalue weighted by atomic mass is 9.97. The second-order valence-corrected chi connectivity index (χ2v) is 4.87. The molecule has 1 heterocycles. The Kier molecular flexibility index (Phi) is 3.13. The van der Waals surface area contributed by atoms with Gasteiger partial charge in [-0.2, -0.15) is 0 Å². The Balaban J connectivity index is 1.78. The maximum Gasteiger partial charge on any atom is 0.0920 e. The number of aliphatic hydroxyl groups is 1. The van der Waals surface area contributed by atoms with Crippen LogP contribution in [0.5, 0.6) is 0 Å². The summed E-state index contributed by atoms with van der Waals surface area (Å²) in [7, 11) is 0. The van der Waals surface area contributed by atoms with Gasteiger partial charge in [0.25, 0.3) is 0 Å². The van der Waals surface area contributed by atoms with E-state index in [0.717, 1.165) is 18.7 Å². The van der Waals surface area contributed by atoms with Crippen molar-refractivity contribution in [3.8, 4) is 0 Å². The molecule has 18 heavy (non-hydrogen) atoms. The minimum atomic E-state index is -0.362. The van der Waals surface area contributed by atoms with Crippen molar-refractivity contribution in [3.05, 3.63) is 71.3 Å². The zero-order valence-corrected chi connectivity index (χ0v) is 10.3. The first-order valence-electron chi connectivity index (χ1n) is 6.35. The molecular weight excluding hydrogens is 222 g/mol. The van der Waals surface area contributed by atoms with Gasteiger partial charge in [-0.25, -0.2) is 0 Å². The van der Waals surface area contributed by atoms with Gasteiger partial charge in [0.2, 0.25) is 0 Å². The van der Waals surface area contributed by atoms with Crippen LogP contribution in [0.15, 0.2) is 54.6 Å². The summed E-state index contributed by atoms with van der Waals surface area (Å²) < 4.78 is 0. The average molecular weight is 239 g/mol. The van der Waals surface area contributed by atoms with Crippen LogP contribution in [0.1, 0.15) is 22.8 Å². The van der Waals surface area contributed by atoms with Crippen molar-refractivity contribution < 1.29 is 5.11 Å². The highest BCUT2D eigenvalue weighted by Crippen LogP contribution is 2.26. The smallest absolute Gasteiger partial charge is 0.0920 e. The molecule has 0 amide bonds. The highest BCUT2D eigenvalue weighted by Gasteiger charge is 2.22. The second kappa shape index (κ2) is 4.92. The molecule has 0 fully saturated rings. The lowest BCUT2D eigenvalue weighted by molar-refractivity contribution is 0.0882. The van der Waals surface area contributed by atoms with Gasteiger partial charge in [0.05, 0.1) is 6.10 Å². The van der Waals surface area contributed by atoms with Crippen LogP contribution in [0.25, 0.3) is 0 Å². The predicted molar refractivity (Wildman–Crippen MR) is 72.0 cm³/mol. The Labute approximate surface area is 107 Å². The van der Waals surface area contributed by atoms with Crippen molar-refractivity contribution in [2.45, 2.75) is 19.2 Å². The zero-order chi connectivity index (χ0) is 12.4. The number of fused-ring (bicyclic) bond motifs is 1. The van der Waals surface area contributed by atoms with Crippen molar-refractivity contribution in [2.75, 3.05) is 6.54 Å². The van der Waals surface area contributed by atoms with Crippen LogP contribution < -0.4 is 0 Å². The van der Waals surface area contributed by atoms with Crippen LogP contribution in [-0.4, -0.2) is 16.6 Å². The number of nitrogens with zero attached hydrogens (tertiary/aromatic N) is 1. The zero-order valence-electron chi connectivity index (χ0n) is 10.3. The van der Waals surface area contributed by atoms with Crippen LogP contribution in [0.4, 0.5) is 0 Å². The van der Waals surface area contributed by atoms with E-state index in [-0.39, 0.29) is 6.10 Å². The minimum Gasteiger partial charge on any atom is -0.387 e. The fourth-order valence-corrected chi connectivity index (χ4v) is 2.61. The fourth-order valence-electron chi connectivity index (χ4n) is 2.61. The van der Waals surface area contributed by atoms with Crippen molar-refractivity contribution >= 4 is 0 Å². The molecule has 1 aliphatic heterocycles. The van der Waals surface area contributed by atoms with Gasteiger partial charge in [0.15, 0.2) is 0 Å². The van der Waals surface area contributed by atoms with E-state index in [4.69, 9.17) is 0 Å². The second-order valence-electron chi connectivity index (χ2n) is 4.87. The molecule has 2 nitrogen and oxygen atoms in total. The van der Waals surface area contributed by atoms with Crippen LogP contribution in [0.2, 0.25) is 0 Å². The third-order valence-corrected chi connectivity index (χ3v) is 3.49. The van der Waals surface area contributed by atoms with Gasteiger partial charge < -0.3 is 5.11 Å². The maximum absolute atomic E-state index is 10.2. The summed E-state index contributed by atoms with van der Waals surface area (Å²) in [6, 6.07) is 18.6. The molecular formula is C16H17NO. The van der Waals surface area contributed by atoms with Gasteiger partial charge in [-0.05, 0) is 16.7 Å². The maximum atomic E-state index is 10.2. The molecule has 0 saturated heterocycles. The number of aliphatic hydroxyl groups excluding tert-OH is 1. The highest BCUT2D eigenvalue weighted by molar-refractivity contribution is 5.31. The van der Waals surface area contributed by atoms with Crippen LogP contribution in [-0.2, 0) is 13.1 Å². The molecule has 2 aromatic rings. The van der Waals surface area contributed by atoms with Crippen LogP contribution >= 0.6 is 0 Å². The molecule has 0 radical (unpaired) electrons. The Morgan fingerprint density at radius 1 is 1.00 bits per heavy atom. The van der Waals surface area contributed by atoms with E-state index < -0.39 is 0 Å². The predicted octanol–water partition coefficient (Wildman–Crippen LogP) is 2.74. The third kappa shape index (κ3) is 2.30.